The van der Waals surface area contributed by atoms with Crippen molar-refractivity contribution in [2.24, 2.45) is 5.41 Å². The summed E-state index contributed by atoms with van der Waals surface area (Å²) < 4.78 is 23.9. The van der Waals surface area contributed by atoms with Crippen LogP contribution in [0.3, 0.4) is 0 Å². The molecule has 0 bridgehead atoms. The molecule has 1 aliphatic heterocycles. The van der Waals surface area contributed by atoms with E-state index in [4.69, 9.17) is 0 Å². The number of halogens is 2. The maximum atomic E-state index is 11.9. The summed E-state index contributed by atoms with van der Waals surface area (Å²) in [5, 5.41) is 6.19. The van der Waals surface area contributed by atoms with E-state index in [1.54, 1.807) is 0 Å². The van der Waals surface area contributed by atoms with Crippen LogP contribution >= 0.6 is 0 Å². The number of alkyl halides is 2. The molecule has 1 aliphatic rings. The molecule has 0 aliphatic carbocycles. The van der Waals surface area contributed by atoms with Crippen LogP contribution in [0.25, 0.3) is 0 Å². The lowest BCUT2D eigenvalue weighted by Crippen LogP contribution is -2.46. The van der Waals surface area contributed by atoms with Crippen LogP contribution in [-0.2, 0) is 0 Å². The zero-order valence-electron chi connectivity index (χ0n) is 8.78. The van der Waals surface area contributed by atoms with Crippen LogP contribution in [0.5, 0.6) is 0 Å². The van der Waals surface area contributed by atoms with Crippen molar-refractivity contribution in [3.63, 3.8) is 0 Å². The fraction of sp³-hybridized carbons (Fsp3) is 1.00. The van der Waals surface area contributed by atoms with Gasteiger partial charge in [0, 0.05) is 13.1 Å². The van der Waals surface area contributed by atoms with Gasteiger partial charge in [0.15, 0.2) is 0 Å². The Morgan fingerprint density at radius 3 is 2.79 bits per heavy atom. The first-order chi connectivity index (χ1) is 6.68. The number of piperidine rings is 1. The molecule has 0 aromatic rings. The quantitative estimate of drug-likeness (QED) is 0.714. The molecule has 2 nitrogen and oxygen atoms in total. The van der Waals surface area contributed by atoms with E-state index in [-0.39, 0.29) is 12.0 Å². The summed E-state index contributed by atoms with van der Waals surface area (Å²) in [6.45, 7) is 4.69. The summed E-state index contributed by atoms with van der Waals surface area (Å²) in [6.07, 6.45) is 1.12. The SMILES string of the molecule is CCC1(CNCC(F)F)CCCNC1. The van der Waals surface area contributed by atoms with E-state index < -0.39 is 6.43 Å². The molecule has 4 heteroatoms. The maximum Gasteiger partial charge on any atom is 0.250 e. The molecular weight excluding hydrogens is 186 g/mol. The Labute approximate surface area is 84.4 Å². The predicted molar refractivity (Wildman–Crippen MR) is 53.7 cm³/mol. The zero-order chi connectivity index (χ0) is 10.4. The molecule has 2 N–H and O–H groups in total. The fourth-order valence-electron chi connectivity index (χ4n) is 2.05. The van der Waals surface area contributed by atoms with Gasteiger partial charge in [0.25, 0.3) is 6.43 Å². The second-order valence-corrected chi connectivity index (χ2v) is 4.16. The molecule has 0 spiro atoms. The Bertz CT molecular complexity index is 156. The largest absolute Gasteiger partial charge is 0.316 e. The van der Waals surface area contributed by atoms with Gasteiger partial charge >= 0.3 is 0 Å². The van der Waals surface area contributed by atoms with E-state index in [2.05, 4.69) is 17.6 Å². The minimum absolute atomic E-state index is 0.179. The topological polar surface area (TPSA) is 24.1 Å². The average Bonchev–Trinajstić information content (AvgIpc) is 2.19. The van der Waals surface area contributed by atoms with Gasteiger partial charge in [-0.15, -0.1) is 0 Å². The Kier molecular flexibility index (Phi) is 4.75. The minimum atomic E-state index is -2.24. The molecule has 0 radical (unpaired) electrons. The van der Waals surface area contributed by atoms with Gasteiger partial charge in [-0.05, 0) is 31.2 Å². The molecule has 1 saturated heterocycles. The van der Waals surface area contributed by atoms with Crippen molar-refractivity contribution in [3.8, 4) is 0 Å². The fourth-order valence-corrected chi connectivity index (χ4v) is 2.05. The van der Waals surface area contributed by atoms with Crippen molar-refractivity contribution in [3.05, 3.63) is 0 Å². The molecule has 1 unspecified atom stereocenters. The zero-order valence-corrected chi connectivity index (χ0v) is 8.78. The Morgan fingerprint density at radius 2 is 2.29 bits per heavy atom. The summed E-state index contributed by atoms with van der Waals surface area (Å²) in [6, 6.07) is 0. The van der Waals surface area contributed by atoms with Crippen molar-refractivity contribution < 1.29 is 8.78 Å². The van der Waals surface area contributed by atoms with Crippen LogP contribution in [0.1, 0.15) is 26.2 Å². The second-order valence-electron chi connectivity index (χ2n) is 4.16. The lowest BCUT2D eigenvalue weighted by atomic mass is 9.78. The third-order valence-electron chi connectivity index (χ3n) is 3.11. The van der Waals surface area contributed by atoms with Crippen LogP contribution in [0, 0.1) is 5.41 Å². The van der Waals surface area contributed by atoms with Crippen LogP contribution in [0.4, 0.5) is 8.78 Å². The Balaban J connectivity index is 2.29. The summed E-state index contributed by atoms with van der Waals surface area (Å²) in [4.78, 5) is 0. The molecule has 1 rings (SSSR count). The van der Waals surface area contributed by atoms with Crippen molar-refractivity contribution in [1.29, 1.82) is 0 Å². The number of hydrogen-bond acceptors (Lipinski definition) is 2. The first kappa shape index (κ1) is 11.9. The van der Waals surface area contributed by atoms with Gasteiger partial charge in [-0.3, -0.25) is 0 Å². The third-order valence-corrected chi connectivity index (χ3v) is 3.11. The molecule has 0 aromatic carbocycles. The number of rotatable bonds is 5. The Hall–Kier alpha value is -0.220. The highest BCUT2D eigenvalue weighted by atomic mass is 19.3. The summed E-state index contributed by atoms with van der Waals surface area (Å²) in [5.74, 6) is 0. The van der Waals surface area contributed by atoms with Crippen molar-refractivity contribution in [1.82, 2.24) is 10.6 Å². The number of nitrogens with one attached hydrogen (secondary N) is 2. The second kappa shape index (κ2) is 5.61. The Morgan fingerprint density at radius 1 is 1.50 bits per heavy atom. The van der Waals surface area contributed by atoms with Gasteiger partial charge in [-0.25, -0.2) is 8.78 Å². The first-order valence-electron chi connectivity index (χ1n) is 5.38. The average molecular weight is 206 g/mol. The highest BCUT2D eigenvalue weighted by Gasteiger charge is 2.29. The molecule has 0 amide bonds. The van der Waals surface area contributed by atoms with Gasteiger partial charge in [0.2, 0.25) is 0 Å². The first-order valence-corrected chi connectivity index (χ1v) is 5.38. The van der Waals surface area contributed by atoms with E-state index in [9.17, 15) is 8.78 Å². The molecule has 14 heavy (non-hydrogen) atoms. The summed E-state index contributed by atoms with van der Waals surface area (Å²) in [7, 11) is 0. The van der Waals surface area contributed by atoms with Gasteiger partial charge in [-0.1, -0.05) is 6.92 Å². The van der Waals surface area contributed by atoms with Gasteiger partial charge in [0.1, 0.15) is 0 Å². The molecule has 84 valence electrons. The highest BCUT2D eigenvalue weighted by molar-refractivity contribution is 4.86. The molecule has 1 atom stereocenters. The molecule has 1 fully saturated rings. The van der Waals surface area contributed by atoms with Crippen molar-refractivity contribution in [2.75, 3.05) is 26.2 Å². The van der Waals surface area contributed by atoms with Crippen molar-refractivity contribution >= 4 is 0 Å². The normalized spacial score (nSPS) is 28.3. The van der Waals surface area contributed by atoms with Crippen LogP contribution in [0.2, 0.25) is 0 Å². The van der Waals surface area contributed by atoms with E-state index in [0.29, 0.717) is 6.54 Å². The van der Waals surface area contributed by atoms with Crippen LogP contribution in [0.15, 0.2) is 0 Å². The van der Waals surface area contributed by atoms with E-state index in [1.165, 1.54) is 0 Å². The smallest absolute Gasteiger partial charge is 0.250 e. The van der Waals surface area contributed by atoms with E-state index in [1.807, 2.05) is 0 Å². The number of hydrogen-bond donors (Lipinski definition) is 2. The summed E-state index contributed by atoms with van der Waals surface area (Å²) >= 11 is 0. The third kappa shape index (κ3) is 3.50. The molecular formula is C10H20F2N2. The van der Waals surface area contributed by atoms with E-state index >= 15 is 0 Å². The van der Waals surface area contributed by atoms with Gasteiger partial charge < -0.3 is 10.6 Å². The van der Waals surface area contributed by atoms with Crippen LogP contribution < -0.4 is 10.6 Å². The standard InChI is InChI=1S/C10H20F2N2/c1-2-10(4-3-5-13-7-10)8-14-6-9(11)12/h9,13-14H,2-8H2,1H3. The lowest BCUT2D eigenvalue weighted by Gasteiger charge is -2.37. The molecule has 1 heterocycles. The van der Waals surface area contributed by atoms with Gasteiger partial charge in [-0.2, -0.15) is 0 Å². The van der Waals surface area contributed by atoms with Gasteiger partial charge in [0.05, 0.1) is 6.54 Å². The highest BCUT2D eigenvalue weighted by Crippen LogP contribution is 2.28. The lowest BCUT2D eigenvalue weighted by molar-refractivity contribution is 0.129. The molecule has 0 aromatic heterocycles. The summed E-state index contributed by atoms with van der Waals surface area (Å²) in [5.41, 5.74) is 0.202. The molecule has 0 saturated carbocycles. The maximum absolute atomic E-state index is 11.9. The predicted octanol–water partition coefficient (Wildman–Crippen LogP) is 1.62. The minimum Gasteiger partial charge on any atom is -0.316 e. The van der Waals surface area contributed by atoms with E-state index in [0.717, 1.165) is 32.4 Å². The van der Waals surface area contributed by atoms with Crippen LogP contribution in [-0.4, -0.2) is 32.6 Å². The van der Waals surface area contributed by atoms with Crippen molar-refractivity contribution in [2.45, 2.75) is 32.6 Å². The monoisotopic (exact) mass is 206 g/mol.